The van der Waals surface area contributed by atoms with Crippen LogP contribution in [-0.2, 0) is 6.54 Å². The lowest BCUT2D eigenvalue weighted by Gasteiger charge is -2.08. The maximum Gasteiger partial charge on any atom is 0.165 e. The van der Waals surface area contributed by atoms with Gasteiger partial charge >= 0.3 is 0 Å². The van der Waals surface area contributed by atoms with Crippen LogP contribution in [0, 0.1) is 5.82 Å². The number of nitrogens with one attached hydrogen (secondary N) is 1. The van der Waals surface area contributed by atoms with Gasteiger partial charge in [0.2, 0.25) is 0 Å². The van der Waals surface area contributed by atoms with Gasteiger partial charge in [-0.15, -0.1) is 0 Å². The van der Waals surface area contributed by atoms with Crippen molar-refractivity contribution in [2.75, 3.05) is 6.54 Å². The number of para-hydroxylation sites is 1. The predicted octanol–water partition coefficient (Wildman–Crippen LogP) is 3.73. The maximum absolute atomic E-state index is 13.4. The maximum atomic E-state index is 13.4. The number of halogens is 1. The summed E-state index contributed by atoms with van der Waals surface area (Å²) in [6.07, 6.45) is 0. The molecule has 0 atom stereocenters. The number of ether oxygens (including phenoxy) is 1. The van der Waals surface area contributed by atoms with Crippen LogP contribution in [0.25, 0.3) is 0 Å². The summed E-state index contributed by atoms with van der Waals surface area (Å²) in [5.74, 6) is 0.545. The van der Waals surface area contributed by atoms with Gasteiger partial charge in [-0.25, -0.2) is 4.39 Å². The normalized spacial score (nSPS) is 10.3. The van der Waals surface area contributed by atoms with Crippen LogP contribution in [0.4, 0.5) is 4.39 Å². The Morgan fingerprint density at radius 1 is 1.11 bits per heavy atom. The van der Waals surface area contributed by atoms with Crippen molar-refractivity contribution in [2.24, 2.45) is 0 Å². The Morgan fingerprint density at radius 3 is 2.72 bits per heavy atom. The molecule has 0 amide bonds. The van der Waals surface area contributed by atoms with Gasteiger partial charge in [0.25, 0.3) is 0 Å². The molecule has 0 aliphatic carbocycles. The number of rotatable bonds is 5. The minimum atomic E-state index is -0.352. The molecular formula is C15H16FNO. The topological polar surface area (TPSA) is 21.3 Å². The van der Waals surface area contributed by atoms with Crippen LogP contribution in [0.1, 0.15) is 12.5 Å². The fraction of sp³-hybridized carbons (Fsp3) is 0.200. The van der Waals surface area contributed by atoms with E-state index in [0.29, 0.717) is 5.75 Å². The molecule has 2 aromatic rings. The SMILES string of the molecule is CCNCc1cccc(Oc2ccccc2F)c1. The Morgan fingerprint density at radius 2 is 1.94 bits per heavy atom. The second-order valence-corrected chi connectivity index (χ2v) is 3.96. The highest BCUT2D eigenvalue weighted by molar-refractivity contribution is 5.34. The first-order valence-corrected chi connectivity index (χ1v) is 6.01. The third-order valence-electron chi connectivity index (χ3n) is 2.54. The van der Waals surface area contributed by atoms with E-state index in [4.69, 9.17) is 4.74 Å². The molecular weight excluding hydrogens is 229 g/mol. The molecule has 2 aromatic carbocycles. The second-order valence-electron chi connectivity index (χ2n) is 3.96. The van der Waals surface area contributed by atoms with Crippen LogP contribution in [0.15, 0.2) is 48.5 Å². The molecule has 0 aromatic heterocycles. The van der Waals surface area contributed by atoms with E-state index in [2.05, 4.69) is 12.2 Å². The Balaban J connectivity index is 2.12. The largest absolute Gasteiger partial charge is 0.454 e. The van der Waals surface area contributed by atoms with Crippen molar-refractivity contribution >= 4 is 0 Å². The molecule has 2 rings (SSSR count). The van der Waals surface area contributed by atoms with Gasteiger partial charge in [-0.05, 0) is 36.4 Å². The third-order valence-corrected chi connectivity index (χ3v) is 2.54. The van der Waals surface area contributed by atoms with Gasteiger partial charge in [-0.2, -0.15) is 0 Å². The summed E-state index contributed by atoms with van der Waals surface area (Å²) in [5.41, 5.74) is 1.12. The summed E-state index contributed by atoms with van der Waals surface area (Å²) in [4.78, 5) is 0. The predicted molar refractivity (Wildman–Crippen MR) is 70.3 cm³/mol. The number of hydrogen-bond donors (Lipinski definition) is 1. The number of hydrogen-bond acceptors (Lipinski definition) is 2. The highest BCUT2D eigenvalue weighted by Crippen LogP contribution is 2.24. The Hall–Kier alpha value is -1.87. The third kappa shape index (κ3) is 3.31. The summed E-state index contributed by atoms with van der Waals surface area (Å²) in [6.45, 7) is 3.75. The molecule has 0 aliphatic rings. The van der Waals surface area contributed by atoms with E-state index in [9.17, 15) is 4.39 Å². The van der Waals surface area contributed by atoms with Gasteiger partial charge in [0, 0.05) is 6.54 Å². The quantitative estimate of drug-likeness (QED) is 0.866. The van der Waals surface area contributed by atoms with Crippen molar-refractivity contribution in [3.8, 4) is 11.5 Å². The molecule has 0 saturated heterocycles. The van der Waals surface area contributed by atoms with E-state index in [1.54, 1.807) is 18.2 Å². The fourth-order valence-corrected chi connectivity index (χ4v) is 1.64. The molecule has 0 saturated carbocycles. The smallest absolute Gasteiger partial charge is 0.165 e. The monoisotopic (exact) mass is 245 g/mol. The van der Waals surface area contributed by atoms with Crippen LogP contribution in [0.3, 0.4) is 0 Å². The van der Waals surface area contributed by atoms with E-state index in [1.807, 2.05) is 24.3 Å². The van der Waals surface area contributed by atoms with Crippen LogP contribution in [0.2, 0.25) is 0 Å². The van der Waals surface area contributed by atoms with E-state index < -0.39 is 0 Å². The van der Waals surface area contributed by atoms with Crippen molar-refractivity contribution in [3.63, 3.8) is 0 Å². The van der Waals surface area contributed by atoms with Crippen LogP contribution < -0.4 is 10.1 Å². The van der Waals surface area contributed by atoms with Gasteiger partial charge in [-0.3, -0.25) is 0 Å². The molecule has 0 unspecified atom stereocenters. The first-order chi connectivity index (χ1) is 8.79. The Labute approximate surface area is 106 Å². The summed E-state index contributed by atoms with van der Waals surface area (Å²) in [7, 11) is 0. The molecule has 0 bridgehead atoms. The van der Waals surface area contributed by atoms with Crippen molar-refractivity contribution in [1.82, 2.24) is 5.32 Å². The zero-order chi connectivity index (χ0) is 12.8. The molecule has 0 radical (unpaired) electrons. The standard InChI is InChI=1S/C15H16FNO/c1-2-17-11-12-6-5-7-13(10-12)18-15-9-4-3-8-14(15)16/h3-10,17H,2,11H2,1H3. The lowest BCUT2D eigenvalue weighted by Crippen LogP contribution is -2.11. The van der Waals surface area contributed by atoms with Crippen molar-refractivity contribution < 1.29 is 9.13 Å². The molecule has 0 fully saturated rings. The minimum Gasteiger partial charge on any atom is -0.454 e. The molecule has 2 nitrogen and oxygen atoms in total. The van der Waals surface area contributed by atoms with Gasteiger partial charge < -0.3 is 10.1 Å². The van der Waals surface area contributed by atoms with Crippen LogP contribution >= 0.6 is 0 Å². The lowest BCUT2D eigenvalue weighted by molar-refractivity contribution is 0.441. The summed E-state index contributed by atoms with van der Waals surface area (Å²) < 4.78 is 19.0. The average Bonchev–Trinajstić information content (AvgIpc) is 2.40. The fourth-order valence-electron chi connectivity index (χ4n) is 1.64. The van der Waals surface area contributed by atoms with Crippen LogP contribution in [-0.4, -0.2) is 6.54 Å². The van der Waals surface area contributed by atoms with Gasteiger partial charge in [0.1, 0.15) is 5.75 Å². The number of benzene rings is 2. The van der Waals surface area contributed by atoms with E-state index in [1.165, 1.54) is 6.07 Å². The van der Waals surface area contributed by atoms with Crippen molar-refractivity contribution in [1.29, 1.82) is 0 Å². The van der Waals surface area contributed by atoms with Crippen molar-refractivity contribution in [2.45, 2.75) is 13.5 Å². The highest BCUT2D eigenvalue weighted by atomic mass is 19.1. The van der Waals surface area contributed by atoms with Crippen molar-refractivity contribution in [3.05, 3.63) is 59.9 Å². The van der Waals surface area contributed by atoms with Gasteiger partial charge in [0.15, 0.2) is 11.6 Å². The van der Waals surface area contributed by atoms with Crippen LogP contribution in [0.5, 0.6) is 11.5 Å². The Bertz CT molecular complexity index is 513. The molecule has 3 heteroatoms. The molecule has 18 heavy (non-hydrogen) atoms. The Kier molecular flexibility index (Phi) is 4.31. The summed E-state index contributed by atoms with van der Waals surface area (Å²) >= 11 is 0. The minimum absolute atomic E-state index is 0.248. The molecule has 94 valence electrons. The highest BCUT2D eigenvalue weighted by Gasteiger charge is 2.03. The average molecular weight is 245 g/mol. The van der Waals surface area contributed by atoms with Gasteiger partial charge in [0.05, 0.1) is 0 Å². The molecule has 1 N–H and O–H groups in total. The summed E-state index contributed by atoms with van der Waals surface area (Å²) in [5, 5.41) is 3.24. The van der Waals surface area contributed by atoms with E-state index in [0.717, 1.165) is 18.7 Å². The lowest BCUT2D eigenvalue weighted by atomic mass is 10.2. The molecule has 0 heterocycles. The zero-order valence-electron chi connectivity index (χ0n) is 10.3. The first-order valence-electron chi connectivity index (χ1n) is 6.01. The van der Waals surface area contributed by atoms with E-state index in [-0.39, 0.29) is 11.6 Å². The van der Waals surface area contributed by atoms with E-state index >= 15 is 0 Å². The molecule has 0 spiro atoms. The summed E-state index contributed by atoms with van der Waals surface area (Å²) in [6, 6.07) is 14.0. The van der Waals surface area contributed by atoms with Gasteiger partial charge in [-0.1, -0.05) is 31.2 Å². The second kappa shape index (κ2) is 6.17. The zero-order valence-corrected chi connectivity index (χ0v) is 10.3. The molecule has 0 aliphatic heterocycles. The first kappa shape index (κ1) is 12.6.